The van der Waals surface area contributed by atoms with Crippen molar-refractivity contribution in [3.05, 3.63) is 53.1 Å². The lowest BCUT2D eigenvalue weighted by atomic mass is 10.1. The third-order valence-electron chi connectivity index (χ3n) is 3.55. The number of amides is 1. The van der Waals surface area contributed by atoms with E-state index in [4.69, 9.17) is 0 Å². The van der Waals surface area contributed by atoms with E-state index in [2.05, 4.69) is 9.88 Å². The van der Waals surface area contributed by atoms with Gasteiger partial charge in [-0.2, -0.15) is 0 Å². The lowest BCUT2D eigenvalue weighted by Gasteiger charge is -2.07. The minimum Gasteiger partial charge on any atom is -0.351 e. The lowest BCUT2D eigenvalue weighted by Crippen LogP contribution is -2.13. The van der Waals surface area contributed by atoms with Crippen molar-refractivity contribution in [1.29, 1.82) is 0 Å². The molecular formula is C15H15FN2O. The highest BCUT2D eigenvalue weighted by atomic mass is 19.1. The summed E-state index contributed by atoms with van der Waals surface area (Å²) in [5.74, 6) is -0.385. The Kier molecular flexibility index (Phi) is 2.85. The summed E-state index contributed by atoms with van der Waals surface area (Å²) in [7, 11) is 0. The fourth-order valence-corrected chi connectivity index (χ4v) is 2.54. The molecule has 3 nitrogen and oxygen atoms in total. The number of aromatic nitrogens is 1. The van der Waals surface area contributed by atoms with Gasteiger partial charge in [0.1, 0.15) is 5.82 Å². The number of aryl methyl sites for hydroxylation is 2. The van der Waals surface area contributed by atoms with E-state index in [1.165, 1.54) is 6.07 Å². The molecule has 19 heavy (non-hydrogen) atoms. The molecule has 0 atom stereocenters. The lowest BCUT2D eigenvalue weighted by molar-refractivity contribution is 0.102. The molecule has 1 aliphatic heterocycles. The van der Waals surface area contributed by atoms with E-state index in [9.17, 15) is 9.18 Å². The topological polar surface area (TPSA) is 34.0 Å². The zero-order valence-electron chi connectivity index (χ0n) is 10.7. The quantitative estimate of drug-likeness (QED) is 0.882. The highest BCUT2D eigenvalue weighted by molar-refractivity contribution is 6.05. The van der Waals surface area contributed by atoms with E-state index in [-0.39, 0.29) is 11.7 Å². The summed E-state index contributed by atoms with van der Waals surface area (Å²) in [4.78, 5) is 12.2. The fourth-order valence-electron chi connectivity index (χ4n) is 2.54. The van der Waals surface area contributed by atoms with Gasteiger partial charge in [-0.15, -0.1) is 0 Å². The van der Waals surface area contributed by atoms with Gasteiger partial charge in [0.15, 0.2) is 0 Å². The van der Waals surface area contributed by atoms with Gasteiger partial charge in [-0.05, 0) is 49.6 Å². The Morgan fingerprint density at radius 3 is 3.00 bits per heavy atom. The number of carbonyl (C=O) groups is 1. The first kappa shape index (κ1) is 12.0. The molecule has 98 valence electrons. The molecule has 3 rings (SSSR count). The van der Waals surface area contributed by atoms with Crippen LogP contribution in [-0.4, -0.2) is 10.5 Å². The molecule has 2 aromatic rings. The smallest absolute Gasteiger partial charge is 0.257 e. The second-order valence-electron chi connectivity index (χ2n) is 4.89. The van der Waals surface area contributed by atoms with Gasteiger partial charge >= 0.3 is 0 Å². The maximum absolute atomic E-state index is 13.2. The van der Waals surface area contributed by atoms with Crippen molar-refractivity contribution in [2.45, 2.75) is 26.3 Å². The molecule has 0 aliphatic carbocycles. The van der Waals surface area contributed by atoms with Crippen LogP contribution in [0, 0.1) is 12.7 Å². The summed E-state index contributed by atoms with van der Waals surface area (Å²) >= 11 is 0. The molecule has 0 bridgehead atoms. The number of halogens is 1. The van der Waals surface area contributed by atoms with Crippen LogP contribution in [0.2, 0.25) is 0 Å². The molecule has 0 fully saturated rings. The standard InChI is InChI=1S/C15H15FN2O/c1-10-9-11(4-5-13(10)16)17-15(19)12-6-8-18-7-2-3-14(12)18/h4-6,8-9H,2-3,7H2,1H3,(H,17,19). The van der Waals surface area contributed by atoms with Crippen LogP contribution in [0.5, 0.6) is 0 Å². The zero-order chi connectivity index (χ0) is 13.4. The predicted molar refractivity (Wildman–Crippen MR) is 71.8 cm³/mol. The SMILES string of the molecule is Cc1cc(NC(=O)c2ccn3c2CCC3)ccc1F. The summed E-state index contributed by atoms with van der Waals surface area (Å²) in [5, 5.41) is 2.82. The predicted octanol–water partition coefficient (Wildman–Crippen LogP) is 3.13. The molecule has 0 unspecified atom stereocenters. The Labute approximate surface area is 111 Å². The summed E-state index contributed by atoms with van der Waals surface area (Å²) < 4.78 is 15.3. The van der Waals surface area contributed by atoms with Crippen molar-refractivity contribution in [1.82, 2.24) is 4.57 Å². The molecule has 1 aromatic carbocycles. The van der Waals surface area contributed by atoms with Gasteiger partial charge in [-0.1, -0.05) is 0 Å². The van der Waals surface area contributed by atoms with Crippen LogP contribution in [0.25, 0.3) is 0 Å². The number of nitrogens with zero attached hydrogens (tertiary/aromatic N) is 1. The number of benzene rings is 1. The Balaban J connectivity index is 1.83. The molecule has 2 heterocycles. The number of rotatable bonds is 2. The normalized spacial score (nSPS) is 13.4. The molecule has 1 N–H and O–H groups in total. The van der Waals surface area contributed by atoms with Crippen LogP contribution >= 0.6 is 0 Å². The molecular weight excluding hydrogens is 243 g/mol. The van der Waals surface area contributed by atoms with Gasteiger partial charge in [0.2, 0.25) is 0 Å². The van der Waals surface area contributed by atoms with Crippen LogP contribution in [0.1, 0.15) is 28.0 Å². The number of nitrogens with one attached hydrogen (secondary N) is 1. The highest BCUT2D eigenvalue weighted by Gasteiger charge is 2.19. The Morgan fingerprint density at radius 2 is 2.21 bits per heavy atom. The molecule has 0 spiro atoms. The summed E-state index contributed by atoms with van der Waals surface area (Å²) in [6, 6.07) is 6.44. The third-order valence-corrected chi connectivity index (χ3v) is 3.55. The van der Waals surface area contributed by atoms with Crippen molar-refractivity contribution in [2.24, 2.45) is 0 Å². The van der Waals surface area contributed by atoms with Gasteiger partial charge in [0, 0.05) is 24.1 Å². The molecule has 0 saturated carbocycles. The van der Waals surface area contributed by atoms with Gasteiger partial charge in [-0.25, -0.2) is 4.39 Å². The van der Waals surface area contributed by atoms with E-state index in [0.717, 1.165) is 30.6 Å². The molecule has 0 saturated heterocycles. The summed E-state index contributed by atoms with van der Waals surface area (Å²) in [6.07, 6.45) is 3.98. The van der Waals surface area contributed by atoms with E-state index >= 15 is 0 Å². The van der Waals surface area contributed by atoms with E-state index in [1.807, 2.05) is 12.3 Å². The zero-order valence-corrected chi connectivity index (χ0v) is 10.7. The largest absolute Gasteiger partial charge is 0.351 e. The van der Waals surface area contributed by atoms with E-state index in [0.29, 0.717) is 11.3 Å². The minimum absolute atomic E-state index is 0.123. The number of anilines is 1. The second kappa shape index (κ2) is 4.53. The molecule has 1 aliphatic rings. The first-order chi connectivity index (χ1) is 9.15. The van der Waals surface area contributed by atoms with Gasteiger partial charge in [0.25, 0.3) is 5.91 Å². The first-order valence-corrected chi connectivity index (χ1v) is 6.40. The maximum atomic E-state index is 13.2. The maximum Gasteiger partial charge on any atom is 0.257 e. The number of hydrogen-bond donors (Lipinski definition) is 1. The molecule has 1 amide bonds. The molecule has 4 heteroatoms. The van der Waals surface area contributed by atoms with Crippen molar-refractivity contribution < 1.29 is 9.18 Å². The number of hydrogen-bond acceptors (Lipinski definition) is 1. The van der Waals surface area contributed by atoms with E-state index < -0.39 is 0 Å². The fraction of sp³-hybridized carbons (Fsp3) is 0.267. The van der Waals surface area contributed by atoms with Crippen LogP contribution in [0.4, 0.5) is 10.1 Å². The highest BCUT2D eigenvalue weighted by Crippen LogP contribution is 2.22. The second-order valence-corrected chi connectivity index (χ2v) is 4.89. The van der Waals surface area contributed by atoms with Crippen molar-refractivity contribution in [2.75, 3.05) is 5.32 Å². The van der Waals surface area contributed by atoms with Crippen LogP contribution in [-0.2, 0) is 13.0 Å². The molecule has 0 radical (unpaired) electrons. The van der Waals surface area contributed by atoms with Crippen molar-refractivity contribution in [3.63, 3.8) is 0 Å². The van der Waals surface area contributed by atoms with Crippen LogP contribution in [0.15, 0.2) is 30.5 Å². The Hall–Kier alpha value is -2.10. The monoisotopic (exact) mass is 258 g/mol. The van der Waals surface area contributed by atoms with Gasteiger partial charge in [0.05, 0.1) is 5.56 Å². The first-order valence-electron chi connectivity index (χ1n) is 6.40. The minimum atomic E-state index is -0.261. The summed E-state index contributed by atoms with van der Waals surface area (Å²) in [5.41, 5.74) is 2.97. The van der Waals surface area contributed by atoms with Crippen molar-refractivity contribution in [3.8, 4) is 0 Å². The van der Waals surface area contributed by atoms with Gasteiger partial charge < -0.3 is 9.88 Å². The third kappa shape index (κ3) is 2.14. The Bertz CT molecular complexity index is 646. The average molecular weight is 258 g/mol. The van der Waals surface area contributed by atoms with Crippen molar-refractivity contribution >= 4 is 11.6 Å². The number of carbonyl (C=O) groups excluding carboxylic acids is 1. The Morgan fingerprint density at radius 1 is 1.37 bits per heavy atom. The van der Waals surface area contributed by atoms with E-state index in [1.54, 1.807) is 19.1 Å². The van der Waals surface area contributed by atoms with Crippen LogP contribution < -0.4 is 5.32 Å². The molecule has 1 aromatic heterocycles. The van der Waals surface area contributed by atoms with Gasteiger partial charge in [-0.3, -0.25) is 4.79 Å². The summed E-state index contributed by atoms with van der Waals surface area (Å²) in [6.45, 7) is 2.67. The van der Waals surface area contributed by atoms with Crippen LogP contribution in [0.3, 0.4) is 0 Å². The average Bonchev–Trinajstić information content (AvgIpc) is 2.95. The number of fused-ring (bicyclic) bond motifs is 1.